The summed E-state index contributed by atoms with van der Waals surface area (Å²) in [7, 11) is 0. The van der Waals surface area contributed by atoms with Crippen LogP contribution in [0.4, 0.5) is 11.4 Å². The Morgan fingerprint density at radius 2 is 0.885 bits per heavy atom. The third-order valence-corrected chi connectivity index (χ3v) is 9.82. The summed E-state index contributed by atoms with van der Waals surface area (Å²) >= 11 is 0. The predicted octanol–water partition coefficient (Wildman–Crippen LogP) is 10.1. The van der Waals surface area contributed by atoms with E-state index in [-0.39, 0.29) is 31.0 Å². The first-order valence-corrected chi connectivity index (χ1v) is 16.7. The molecule has 0 saturated carbocycles. The second-order valence-electron chi connectivity index (χ2n) is 12.6. The molecule has 0 radical (unpaired) electrons. The van der Waals surface area contributed by atoms with Crippen LogP contribution in [-0.4, -0.2) is 32.6 Å². The molecule has 8 aromatic rings. The molecular formula is C45H30N4O2Zn. The van der Waals surface area contributed by atoms with Gasteiger partial charge in [0.05, 0.1) is 39.0 Å². The van der Waals surface area contributed by atoms with E-state index in [0.717, 1.165) is 33.3 Å². The molecule has 0 bridgehead atoms. The first-order chi connectivity index (χ1) is 25.1. The van der Waals surface area contributed by atoms with E-state index in [4.69, 9.17) is 9.98 Å². The van der Waals surface area contributed by atoms with Crippen molar-refractivity contribution in [2.75, 3.05) is 0 Å². The van der Waals surface area contributed by atoms with Crippen LogP contribution >= 0.6 is 0 Å². The SMILES string of the molecule is Oc1ccc2cccnc2c1C=Nc1ccc(C2(c3ccc(N=Cc4c(O)ccc5cccnc45)cc3)c3ccccc3-c3ccccc32)cc1.[Zn]. The Balaban J connectivity index is 0.00000387. The normalized spacial score (nSPS) is 13.0. The van der Waals surface area contributed by atoms with Crippen LogP contribution in [0.1, 0.15) is 33.4 Å². The minimum Gasteiger partial charge on any atom is -0.507 e. The number of benzene rings is 6. The van der Waals surface area contributed by atoms with Crippen molar-refractivity contribution in [1.82, 2.24) is 9.97 Å². The molecule has 244 valence electrons. The standard InChI is InChI=1S/C45H30N4O2.Zn/c50-41-23-13-29-7-5-25-46-43(29)37(41)27-48-33-19-15-31(16-20-33)45(39-11-3-1-9-35(39)36-10-2-4-12-40(36)45)32-17-21-34(22-18-32)49-28-38-42(51)24-14-30-8-6-26-47-44(30)38;/h1-28,50-51H;. The predicted molar refractivity (Wildman–Crippen MR) is 205 cm³/mol. The van der Waals surface area contributed by atoms with Crippen molar-refractivity contribution in [3.05, 3.63) is 191 Å². The summed E-state index contributed by atoms with van der Waals surface area (Å²) in [5, 5.41) is 23.1. The molecule has 1 aliphatic rings. The second kappa shape index (κ2) is 13.4. The largest absolute Gasteiger partial charge is 0.507 e. The van der Waals surface area contributed by atoms with Gasteiger partial charge in [-0.1, -0.05) is 84.9 Å². The maximum atomic E-state index is 10.6. The van der Waals surface area contributed by atoms with Crippen LogP contribution in [0, 0.1) is 0 Å². The van der Waals surface area contributed by atoms with Crippen LogP contribution < -0.4 is 0 Å². The van der Waals surface area contributed by atoms with Gasteiger partial charge >= 0.3 is 0 Å². The fourth-order valence-corrected chi connectivity index (χ4v) is 7.47. The van der Waals surface area contributed by atoms with E-state index in [0.29, 0.717) is 22.2 Å². The summed E-state index contributed by atoms with van der Waals surface area (Å²) in [5.41, 5.74) is 10.5. The van der Waals surface area contributed by atoms with E-state index in [1.165, 1.54) is 22.3 Å². The summed E-state index contributed by atoms with van der Waals surface area (Å²) in [6.07, 6.45) is 6.81. The molecule has 0 saturated heterocycles. The van der Waals surface area contributed by atoms with Gasteiger partial charge in [-0.05, 0) is 94.0 Å². The number of nitrogens with zero attached hydrogens (tertiary/aromatic N) is 4. The Bertz CT molecular complexity index is 2480. The molecule has 0 atom stereocenters. The van der Waals surface area contributed by atoms with E-state index in [9.17, 15) is 10.2 Å². The van der Waals surface area contributed by atoms with Gasteiger partial charge in [-0.15, -0.1) is 0 Å². The summed E-state index contributed by atoms with van der Waals surface area (Å²) in [6, 6.07) is 48.7. The third-order valence-electron chi connectivity index (χ3n) is 9.82. The van der Waals surface area contributed by atoms with E-state index in [1.807, 2.05) is 60.7 Å². The molecule has 7 heteroatoms. The van der Waals surface area contributed by atoms with Crippen molar-refractivity contribution < 1.29 is 29.7 Å². The van der Waals surface area contributed by atoms with Crippen molar-refractivity contribution in [2.24, 2.45) is 9.98 Å². The molecule has 0 fully saturated rings. The molecule has 0 amide bonds. The number of aliphatic imine (C=N–C) groups is 2. The zero-order valence-corrected chi connectivity index (χ0v) is 31.0. The van der Waals surface area contributed by atoms with Crippen LogP contribution in [0.5, 0.6) is 11.5 Å². The monoisotopic (exact) mass is 722 g/mol. The van der Waals surface area contributed by atoms with Gasteiger partial charge in [0.1, 0.15) is 11.5 Å². The van der Waals surface area contributed by atoms with Crippen LogP contribution in [0.25, 0.3) is 32.9 Å². The molecule has 6 aromatic carbocycles. The zero-order valence-electron chi connectivity index (χ0n) is 28.1. The number of phenolic OH excluding ortho intramolecular Hbond substituents is 2. The Hall–Kier alpha value is -6.30. The smallest absolute Gasteiger partial charge is 0.126 e. The van der Waals surface area contributed by atoms with Crippen molar-refractivity contribution in [2.45, 2.75) is 5.41 Å². The van der Waals surface area contributed by atoms with Crippen LogP contribution in [-0.2, 0) is 24.9 Å². The Kier molecular flexibility index (Phi) is 8.50. The van der Waals surface area contributed by atoms with E-state index < -0.39 is 5.41 Å². The van der Waals surface area contributed by atoms with Gasteiger partial charge in [0.15, 0.2) is 0 Å². The van der Waals surface area contributed by atoms with Crippen molar-refractivity contribution in [3.8, 4) is 22.6 Å². The fourth-order valence-electron chi connectivity index (χ4n) is 7.47. The Labute approximate surface area is 313 Å². The summed E-state index contributed by atoms with van der Waals surface area (Å²) < 4.78 is 0. The summed E-state index contributed by atoms with van der Waals surface area (Å²) in [6.45, 7) is 0. The van der Waals surface area contributed by atoms with Crippen LogP contribution in [0.3, 0.4) is 0 Å². The van der Waals surface area contributed by atoms with Crippen molar-refractivity contribution >= 4 is 45.6 Å². The first-order valence-electron chi connectivity index (χ1n) is 16.7. The number of aromatic hydroxyl groups is 2. The van der Waals surface area contributed by atoms with Crippen LogP contribution in [0.15, 0.2) is 168 Å². The van der Waals surface area contributed by atoms with E-state index >= 15 is 0 Å². The quantitative estimate of drug-likeness (QED) is 0.132. The number of pyridine rings is 2. The van der Waals surface area contributed by atoms with Gasteiger partial charge in [-0.2, -0.15) is 0 Å². The molecule has 1 aliphatic carbocycles. The number of fused-ring (bicyclic) bond motifs is 5. The number of hydrogen-bond acceptors (Lipinski definition) is 6. The first kappa shape index (κ1) is 32.9. The van der Waals surface area contributed by atoms with Crippen molar-refractivity contribution in [1.29, 1.82) is 0 Å². The van der Waals surface area contributed by atoms with E-state index in [2.05, 4.69) is 82.8 Å². The van der Waals surface area contributed by atoms with Gasteiger partial charge in [0, 0.05) is 55.1 Å². The van der Waals surface area contributed by atoms with Gasteiger partial charge in [-0.3, -0.25) is 20.0 Å². The summed E-state index contributed by atoms with van der Waals surface area (Å²) in [5.74, 6) is 0.274. The van der Waals surface area contributed by atoms with Crippen molar-refractivity contribution in [3.63, 3.8) is 0 Å². The van der Waals surface area contributed by atoms with Gasteiger partial charge < -0.3 is 10.2 Å². The molecule has 0 spiro atoms. The molecule has 9 rings (SSSR count). The third kappa shape index (κ3) is 5.38. The number of hydrogen-bond donors (Lipinski definition) is 2. The molecule has 2 heterocycles. The number of aromatic nitrogens is 2. The van der Waals surface area contributed by atoms with E-state index in [1.54, 1.807) is 37.0 Å². The van der Waals surface area contributed by atoms with Gasteiger partial charge in [-0.25, -0.2) is 0 Å². The molecule has 6 nitrogen and oxygen atoms in total. The molecule has 2 N–H and O–H groups in total. The average Bonchev–Trinajstić information content (AvgIpc) is 3.49. The molecule has 0 aliphatic heterocycles. The van der Waals surface area contributed by atoms with Gasteiger partial charge in [0.2, 0.25) is 0 Å². The minimum atomic E-state index is -0.590. The Morgan fingerprint density at radius 3 is 1.33 bits per heavy atom. The maximum Gasteiger partial charge on any atom is 0.126 e. The van der Waals surface area contributed by atoms with Crippen LogP contribution in [0.2, 0.25) is 0 Å². The topological polar surface area (TPSA) is 91.0 Å². The zero-order chi connectivity index (χ0) is 34.4. The minimum absolute atomic E-state index is 0. The average molecular weight is 724 g/mol. The molecular weight excluding hydrogens is 694 g/mol. The number of phenols is 2. The maximum absolute atomic E-state index is 10.6. The molecule has 52 heavy (non-hydrogen) atoms. The fraction of sp³-hybridized carbons (Fsp3) is 0.0222. The second-order valence-corrected chi connectivity index (χ2v) is 12.6. The number of rotatable bonds is 6. The molecule has 0 unspecified atom stereocenters. The van der Waals surface area contributed by atoms with Gasteiger partial charge in [0.25, 0.3) is 0 Å². The summed E-state index contributed by atoms with van der Waals surface area (Å²) in [4.78, 5) is 18.5. The Morgan fingerprint density at radius 1 is 0.462 bits per heavy atom. The molecule has 2 aromatic heterocycles.